The summed E-state index contributed by atoms with van der Waals surface area (Å²) in [6, 6.07) is 22.7. The van der Waals surface area contributed by atoms with Gasteiger partial charge < -0.3 is 10.1 Å². The number of nitrogens with one attached hydrogen (secondary N) is 1. The van der Waals surface area contributed by atoms with Gasteiger partial charge in [-0.15, -0.1) is 0 Å². The highest BCUT2D eigenvalue weighted by atomic mass is 16.3. The van der Waals surface area contributed by atoms with Crippen LogP contribution in [0.3, 0.4) is 0 Å². The third-order valence-electron chi connectivity index (χ3n) is 4.20. The smallest absolute Gasteiger partial charge is 0.163 e. The Hall–Kier alpha value is -3.78. The van der Waals surface area contributed by atoms with Gasteiger partial charge in [-0.1, -0.05) is 60.7 Å². The zero-order chi connectivity index (χ0) is 19.4. The first-order chi connectivity index (χ1) is 13.0. The molecule has 0 aliphatic heterocycles. The van der Waals surface area contributed by atoms with Crippen LogP contribution in [0.4, 0.5) is 0 Å². The van der Waals surface area contributed by atoms with Gasteiger partial charge in [-0.05, 0) is 12.1 Å². The maximum atomic E-state index is 10.5. The lowest BCUT2D eigenvalue weighted by Gasteiger charge is -2.23. The third-order valence-corrected chi connectivity index (χ3v) is 4.20. The maximum absolute atomic E-state index is 10.5. The van der Waals surface area contributed by atoms with Crippen LogP contribution in [0.15, 0.2) is 66.7 Å². The van der Waals surface area contributed by atoms with E-state index in [1.54, 1.807) is 27.9 Å². The molecule has 5 nitrogen and oxygen atoms in total. The molecule has 3 aromatic rings. The minimum Gasteiger partial charge on any atom is -0.507 e. The number of rotatable bonds is 4. The van der Waals surface area contributed by atoms with Crippen LogP contribution < -0.4 is 10.5 Å². The van der Waals surface area contributed by atoms with Crippen molar-refractivity contribution in [2.45, 2.75) is 0 Å². The largest absolute Gasteiger partial charge is 0.507 e. The zero-order valence-corrected chi connectivity index (χ0v) is 15.2. The lowest BCUT2D eigenvalue weighted by molar-refractivity contribution is 0.515. The summed E-state index contributed by atoms with van der Waals surface area (Å²) in [5, 5.41) is 30.4. The molecule has 0 amide bonds. The molecule has 0 radical (unpaired) electrons. The Balaban J connectivity index is 2.28. The van der Waals surface area contributed by atoms with Gasteiger partial charge in [0.25, 0.3) is 0 Å². The Morgan fingerprint density at radius 2 is 1.67 bits per heavy atom. The number of aromatic nitrogens is 1. The van der Waals surface area contributed by atoms with E-state index in [1.807, 2.05) is 68.7 Å². The van der Waals surface area contributed by atoms with Crippen LogP contribution in [0.2, 0.25) is 0 Å². The molecule has 134 valence electrons. The summed E-state index contributed by atoms with van der Waals surface area (Å²) in [4.78, 5) is 0. The third kappa shape index (κ3) is 3.60. The van der Waals surface area contributed by atoms with E-state index in [0.29, 0.717) is 11.1 Å². The number of nitriles is 1. The van der Waals surface area contributed by atoms with E-state index in [4.69, 9.17) is 5.41 Å². The van der Waals surface area contributed by atoms with Crippen LogP contribution in [0.25, 0.3) is 23.1 Å². The Morgan fingerprint density at radius 3 is 2.22 bits per heavy atom. The van der Waals surface area contributed by atoms with Crippen molar-refractivity contribution in [1.82, 2.24) is 4.68 Å². The first-order valence-electron chi connectivity index (χ1n) is 8.46. The van der Waals surface area contributed by atoms with E-state index in [2.05, 4.69) is 6.07 Å². The molecule has 1 heterocycles. The quantitative estimate of drug-likeness (QED) is 0.699. The van der Waals surface area contributed by atoms with E-state index in [-0.39, 0.29) is 16.8 Å². The Kier molecular flexibility index (Phi) is 5.09. The second-order valence-electron chi connectivity index (χ2n) is 6.24. The highest BCUT2D eigenvalue weighted by Gasteiger charge is 2.15. The van der Waals surface area contributed by atoms with Gasteiger partial charge in [-0.3, -0.25) is 5.41 Å². The summed E-state index contributed by atoms with van der Waals surface area (Å²) >= 11 is 0. The molecule has 1 aromatic heterocycles. The summed E-state index contributed by atoms with van der Waals surface area (Å²) < 4.78 is 1.67. The van der Waals surface area contributed by atoms with E-state index < -0.39 is 0 Å². The van der Waals surface area contributed by atoms with Gasteiger partial charge in [0, 0.05) is 30.8 Å². The average Bonchev–Trinajstić information content (AvgIpc) is 2.68. The molecule has 3 rings (SSSR count). The summed E-state index contributed by atoms with van der Waals surface area (Å²) in [5.74, 6) is 0.0492. The molecule has 5 heteroatoms. The maximum Gasteiger partial charge on any atom is 0.163 e. The zero-order valence-electron chi connectivity index (χ0n) is 15.2. The van der Waals surface area contributed by atoms with E-state index in [1.165, 1.54) is 0 Å². The molecule has 2 N–H and O–H groups in total. The molecule has 2 aromatic carbocycles. The molecular formula is C22H20N4O. The molecule has 0 saturated carbocycles. The van der Waals surface area contributed by atoms with Gasteiger partial charge in [0.1, 0.15) is 17.4 Å². The normalized spacial score (nSPS) is 11.1. The predicted octanol–water partition coefficient (Wildman–Crippen LogP) is 3.76. The highest BCUT2D eigenvalue weighted by Crippen LogP contribution is 2.23. The van der Waals surface area contributed by atoms with Crippen molar-refractivity contribution < 1.29 is 5.11 Å². The number of aliphatic hydroxyl groups excluding tert-OH is 1. The van der Waals surface area contributed by atoms with Crippen LogP contribution in [0.5, 0.6) is 0 Å². The van der Waals surface area contributed by atoms with Crippen LogP contribution in [-0.2, 0) is 0 Å². The first-order valence-corrected chi connectivity index (χ1v) is 8.46. The second-order valence-corrected chi connectivity index (χ2v) is 6.24. The number of hydrogen-bond acceptors (Lipinski definition) is 4. The van der Waals surface area contributed by atoms with Gasteiger partial charge in [-0.25, -0.2) is 4.68 Å². The van der Waals surface area contributed by atoms with Crippen molar-refractivity contribution in [3.8, 4) is 17.3 Å². The van der Waals surface area contributed by atoms with Gasteiger partial charge in [0.05, 0.1) is 5.69 Å². The van der Waals surface area contributed by atoms with Gasteiger partial charge >= 0.3 is 0 Å². The topological polar surface area (TPSA) is 76.0 Å². The minimum absolute atomic E-state index is 0.0492. The fourth-order valence-corrected chi connectivity index (χ4v) is 2.94. The number of aliphatic hydroxyl groups is 1. The number of hydrogen-bond donors (Lipinski definition) is 2. The van der Waals surface area contributed by atoms with Crippen LogP contribution >= 0.6 is 0 Å². The minimum atomic E-state index is 0.0492. The molecule has 27 heavy (non-hydrogen) atoms. The standard InChI is InChI=1S/C22H20N4O/c1-25(2)26-20(16-9-5-3-6-10-16)13-18(19(15-23)22(26)24)14-21(27)17-11-7-4-8-12-17/h3-14,24,27H,1-2H3/b21-14+,24-22?. The van der Waals surface area contributed by atoms with Crippen molar-refractivity contribution in [2.75, 3.05) is 19.1 Å². The summed E-state index contributed by atoms with van der Waals surface area (Å²) in [6.07, 6.45) is 1.54. The SMILES string of the molecule is CN(C)n1c(-c2ccccc2)cc(/C=C(/O)c2ccccc2)c(C#N)c1=N. The van der Waals surface area contributed by atoms with Crippen LogP contribution in [0.1, 0.15) is 16.7 Å². The predicted molar refractivity (Wildman–Crippen MR) is 107 cm³/mol. The van der Waals surface area contributed by atoms with E-state index in [9.17, 15) is 10.4 Å². The number of benzene rings is 2. The second kappa shape index (κ2) is 7.63. The monoisotopic (exact) mass is 356 g/mol. The van der Waals surface area contributed by atoms with Gasteiger partial charge in [0.2, 0.25) is 0 Å². The van der Waals surface area contributed by atoms with Gasteiger partial charge in [-0.2, -0.15) is 5.26 Å². The Labute approximate surface area is 158 Å². The Morgan fingerprint density at radius 1 is 1.07 bits per heavy atom. The van der Waals surface area contributed by atoms with E-state index >= 15 is 0 Å². The van der Waals surface area contributed by atoms with Crippen molar-refractivity contribution in [3.63, 3.8) is 0 Å². The van der Waals surface area contributed by atoms with E-state index in [0.717, 1.165) is 11.3 Å². The molecule has 0 fully saturated rings. The van der Waals surface area contributed by atoms with Crippen molar-refractivity contribution >= 4 is 11.8 Å². The van der Waals surface area contributed by atoms with Crippen molar-refractivity contribution in [1.29, 1.82) is 10.7 Å². The van der Waals surface area contributed by atoms with Crippen molar-refractivity contribution in [3.05, 3.63) is 88.9 Å². The molecule has 0 unspecified atom stereocenters. The lowest BCUT2D eigenvalue weighted by atomic mass is 10.0. The van der Waals surface area contributed by atoms with Crippen LogP contribution in [-0.4, -0.2) is 23.9 Å². The number of nitrogens with zero attached hydrogens (tertiary/aromatic N) is 3. The highest BCUT2D eigenvalue weighted by molar-refractivity contribution is 5.80. The fraction of sp³-hybridized carbons (Fsp3) is 0.0909. The van der Waals surface area contributed by atoms with Gasteiger partial charge in [0.15, 0.2) is 5.49 Å². The van der Waals surface area contributed by atoms with Crippen molar-refractivity contribution in [2.24, 2.45) is 0 Å². The molecular weight excluding hydrogens is 336 g/mol. The summed E-state index contributed by atoms with van der Waals surface area (Å²) in [5.41, 5.74) is 3.09. The summed E-state index contributed by atoms with van der Waals surface area (Å²) in [6.45, 7) is 0. The molecule has 0 spiro atoms. The molecule has 0 aliphatic rings. The lowest BCUT2D eigenvalue weighted by Crippen LogP contribution is -2.38. The molecule has 0 atom stereocenters. The average molecular weight is 356 g/mol. The molecule has 0 saturated heterocycles. The van der Waals surface area contributed by atoms with Crippen LogP contribution in [0, 0.1) is 16.7 Å². The fourth-order valence-electron chi connectivity index (χ4n) is 2.94. The Bertz CT molecular complexity index is 1080. The first kappa shape index (κ1) is 18.0. The summed E-state index contributed by atoms with van der Waals surface area (Å²) in [7, 11) is 3.64. The molecule has 0 bridgehead atoms. The molecule has 0 aliphatic carbocycles. The number of pyridine rings is 1.